The summed E-state index contributed by atoms with van der Waals surface area (Å²) >= 11 is 0. The Morgan fingerprint density at radius 1 is 0.771 bits per heavy atom. The molecule has 2 amide bonds. The Balaban J connectivity index is 1.72. The van der Waals surface area contributed by atoms with E-state index >= 15 is 0 Å². The fourth-order valence-electron chi connectivity index (χ4n) is 4.17. The zero-order chi connectivity index (χ0) is 25.1. The third-order valence-corrected chi connectivity index (χ3v) is 6.14. The maximum Gasteiger partial charge on any atom is 0.242 e. The van der Waals surface area contributed by atoms with Crippen molar-refractivity contribution in [3.8, 4) is 5.75 Å². The molecule has 0 fully saturated rings. The van der Waals surface area contributed by atoms with Gasteiger partial charge in [-0.25, -0.2) is 0 Å². The lowest BCUT2D eigenvalue weighted by atomic mass is 10.0. The van der Waals surface area contributed by atoms with Crippen LogP contribution in [0.4, 0.5) is 0 Å². The summed E-state index contributed by atoms with van der Waals surface area (Å²) in [7, 11) is 0. The van der Waals surface area contributed by atoms with Gasteiger partial charge in [0.2, 0.25) is 11.8 Å². The highest BCUT2D eigenvalue weighted by molar-refractivity contribution is 5.88. The van der Waals surface area contributed by atoms with Gasteiger partial charge in [0, 0.05) is 13.0 Å². The number of carbonyl (C=O) groups is 2. The van der Waals surface area contributed by atoms with Crippen molar-refractivity contribution >= 4 is 11.8 Å². The number of hydrogen-bond acceptors (Lipinski definition) is 4. The molecule has 0 bridgehead atoms. The Kier molecular flexibility index (Phi) is 14.2. The van der Waals surface area contributed by atoms with Crippen LogP contribution in [0.15, 0.2) is 54.6 Å². The predicted molar refractivity (Wildman–Crippen MR) is 142 cm³/mol. The number of amides is 2. The first-order valence-electron chi connectivity index (χ1n) is 13.2. The molecule has 2 rings (SSSR count). The summed E-state index contributed by atoms with van der Waals surface area (Å²) in [6.45, 7) is 1.40. The first-order chi connectivity index (χ1) is 17.1. The van der Waals surface area contributed by atoms with Gasteiger partial charge in [0.25, 0.3) is 0 Å². The number of nitrogens with one attached hydrogen (secondary N) is 2. The van der Waals surface area contributed by atoms with Crippen molar-refractivity contribution in [2.75, 3.05) is 13.1 Å². The van der Waals surface area contributed by atoms with Crippen molar-refractivity contribution in [2.24, 2.45) is 5.73 Å². The first kappa shape index (κ1) is 28.4. The molecule has 0 aromatic heterocycles. The summed E-state index contributed by atoms with van der Waals surface area (Å²) in [5.41, 5.74) is 7.22. The van der Waals surface area contributed by atoms with E-state index in [-0.39, 0.29) is 24.0 Å². The molecule has 2 aromatic carbocycles. The van der Waals surface area contributed by atoms with Crippen LogP contribution in [0.25, 0.3) is 0 Å². The number of aromatic hydroxyl groups is 1. The third kappa shape index (κ3) is 13.0. The van der Waals surface area contributed by atoms with Gasteiger partial charge in [-0.15, -0.1) is 0 Å². The molecule has 6 heteroatoms. The smallest absolute Gasteiger partial charge is 0.242 e. The van der Waals surface area contributed by atoms with Crippen LogP contribution >= 0.6 is 0 Å². The molecule has 5 N–H and O–H groups in total. The van der Waals surface area contributed by atoms with Crippen molar-refractivity contribution in [1.29, 1.82) is 0 Å². The molecule has 6 nitrogen and oxygen atoms in total. The van der Waals surface area contributed by atoms with Gasteiger partial charge in [-0.1, -0.05) is 93.8 Å². The minimum atomic E-state index is -0.688. The standard InChI is InChI=1S/C29H43N3O3/c30-19-12-7-5-3-1-2-4-6-8-13-20-31-29(35)27(22-25-17-14-18-26(33)21-25)32-28(34)23-24-15-10-9-11-16-24/h9-11,14-18,21,27,33H,1-8,12-13,19-20,22-23,30H2,(H,31,35)(H,32,34)/t27-/m0/s1. The maximum absolute atomic E-state index is 12.9. The van der Waals surface area contributed by atoms with Crippen LogP contribution in [-0.2, 0) is 22.4 Å². The van der Waals surface area contributed by atoms with Crippen molar-refractivity contribution in [3.05, 3.63) is 65.7 Å². The Hall–Kier alpha value is -2.86. The fraction of sp³-hybridized carbons (Fsp3) is 0.517. The lowest BCUT2D eigenvalue weighted by Gasteiger charge is -2.19. The van der Waals surface area contributed by atoms with Gasteiger partial charge in [-0.05, 0) is 42.6 Å². The summed E-state index contributed by atoms with van der Waals surface area (Å²) in [5, 5.41) is 15.7. The highest BCUT2D eigenvalue weighted by atomic mass is 16.3. The summed E-state index contributed by atoms with van der Waals surface area (Å²) in [5.74, 6) is -0.236. The van der Waals surface area contributed by atoms with Gasteiger partial charge in [-0.2, -0.15) is 0 Å². The molecule has 0 saturated heterocycles. The largest absolute Gasteiger partial charge is 0.508 e. The van der Waals surface area contributed by atoms with Crippen molar-refractivity contribution in [2.45, 2.75) is 83.1 Å². The van der Waals surface area contributed by atoms with Crippen LogP contribution in [0, 0.1) is 0 Å². The SMILES string of the molecule is NCCCCCCCCCCCCNC(=O)[C@H](Cc1cccc(O)c1)NC(=O)Cc1ccccc1. The lowest BCUT2D eigenvalue weighted by Crippen LogP contribution is -2.48. The number of rotatable bonds is 18. The minimum Gasteiger partial charge on any atom is -0.508 e. The van der Waals surface area contributed by atoms with E-state index in [4.69, 9.17) is 5.73 Å². The summed E-state index contributed by atoms with van der Waals surface area (Å²) in [6.07, 6.45) is 12.5. The van der Waals surface area contributed by atoms with Crippen LogP contribution in [-0.4, -0.2) is 36.1 Å². The molecular formula is C29H43N3O3. The van der Waals surface area contributed by atoms with E-state index in [1.807, 2.05) is 36.4 Å². The summed E-state index contributed by atoms with van der Waals surface area (Å²) in [6, 6.07) is 15.6. The monoisotopic (exact) mass is 481 g/mol. The van der Waals surface area contributed by atoms with Crippen LogP contribution < -0.4 is 16.4 Å². The molecule has 2 aromatic rings. The van der Waals surface area contributed by atoms with E-state index in [2.05, 4.69) is 10.6 Å². The second kappa shape index (κ2) is 17.6. The maximum atomic E-state index is 12.9. The van der Waals surface area contributed by atoms with Crippen molar-refractivity contribution < 1.29 is 14.7 Å². The number of nitrogens with two attached hydrogens (primary N) is 1. The van der Waals surface area contributed by atoms with Gasteiger partial charge in [-0.3, -0.25) is 9.59 Å². The number of phenolic OH excluding ortho intramolecular Hbond substituents is 1. The van der Waals surface area contributed by atoms with E-state index in [1.165, 1.54) is 44.9 Å². The number of carbonyl (C=O) groups excluding carboxylic acids is 2. The number of phenols is 1. The van der Waals surface area contributed by atoms with E-state index in [0.717, 1.165) is 36.9 Å². The van der Waals surface area contributed by atoms with E-state index in [9.17, 15) is 14.7 Å². The highest BCUT2D eigenvalue weighted by Gasteiger charge is 2.21. The predicted octanol–water partition coefficient (Wildman–Crippen LogP) is 4.64. The average Bonchev–Trinajstić information content (AvgIpc) is 2.85. The second-order valence-corrected chi connectivity index (χ2v) is 9.27. The van der Waals surface area contributed by atoms with Gasteiger partial charge in [0.15, 0.2) is 0 Å². The molecular weight excluding hydrogens is 438 g/mol. The van der Waals surface area contributed by atoms with Crippen molar-refractivity contribution in [3.63, 3.8) is 0 Å². The Morgan fingerprint density at radius 2 is 1.37 bits per heavy atom. The first-order valence-corrected chi connectivity index (χ1v) is 13.2. The molecule has 35 heavy (non-hydrogen) atoms. The molecule has 0 unspecified atom stereocenters. The zero-order valence-electron chi connectivity index (χ0n) is 21.0. The lowest BCUT2D eigenvalue weighted by molar-refractivity contribution is -0.128. The van der Waals surface area contributed by atoms with Gasteiger partial charge in [0.1, 0.15) is 11.8 Å². The molecule has 0 spiro atoms. The Bertz CT molecular complexity index is 857. The molecule has 0 aliphatic heterocycles. The molecule has 0 saturated carbocycles. The Labute approximate surface area is 210 Å². The van der Waals surface area contributed by atoms with Crippen LogP contribution in [0.3, 0.4) is 0 Å². The molecule has 192 valence electrons. The van der Waals surface area contributed by atoms with E-state index < -0.39 is 6.04 Å². The second-order valence-electron chi connectivity index (χ2n) is 9.27. The third-order valence-electron chi connectivity index (χ3n) is 6.14. The normalized spacial score (nSPS) is 11.7. The van der Waals surface area contributed by atoms with Gasteiger partial charge in [0.05, 0.1) is 6.42 Å². The molecule has 0 radical (unpaired) electrons. The number of benzene rings is 2. The van der Waals surface area contributed by atoms with Crippen LogP contribution in [0.5, 0.6) is 5.75 Å². The molecule has 0 heterocycles. The Morgan fingerprint density at radius 3 is 2.00 bits per heavy atom. The average molecular weight is 482 g/mol. The zero-order valence-corrected chi connectivity index (χ0v) is 21.0. The summed E-state index contributed by atoms with van der Waals surface area (Å²) < 4.78 is 0. The topological polar surface area (TPSA) is 104 Å². The van der Waals surface area contributed by atoms with Crippen LogP contribution in [0.2, 0.25) is 0 Å². The summed E-state index contributed by atoms with van der Waals surface area (Å²) in [4.78, 5) is 25.5. The van der Waals surface area contributed by atoms with Gasteiger partial charge >= 0.3 is 0 Å². The quantitative estimate of drug-likeness (QED) is 0.233. The van der Waals surface area contributed by atoms with Crippen LogP contribution in [0.1, 0.15) is 75.3 Å². The fourth-order valence-corrected chi connectivity index (χ4v) is 4.17. The van der Waals surface area contributed by atoms with E-state index in [1.54, 1.807) is 18.2 Å². The van der Waals surface area contributed by atoms with Crippen molar-refractivity contribution in [1.82, 2.24) is 10.6 Å². The highest BCUT2D eigenvalue weighted by Crippen LogP contribution is 2.13. The number of unbranched alkanes of at least 4 members (excludes halogenated alkanes) is 9. The number of hydrogen-bond donors (Lipinski definition) is 4. The minimum absolute atomic E-state index is 0.146. The molecule has 0 aliphatic carbocycles. The van der Waals surface area contributed by atoms with E-state index in [0.29, 0.717) is 13.0 Å². The molecule has 0 aliphatic rings. The van der Waals surface area contributed by atoms with Gasteiger partial charge < -0.3 is 21.5 Å². The molecule has 1 atom stereocenters.